The molecule has 2 rings (SSSR count). The van der Waals surface area contributed by atoms with Gasteiger partial charge in [0.05, 0.1) is 13.0 Å². The molecule has 1 saturated heterocycles. The fraction of sp³-hybridized carbons (Fsp3) is 0.833. The molecule has 2 fully saturated rings. The van der Waals surface area contributed by atoms with Gasteiger partial charge in [-0.1, -0.05) is 12.8 Å². The summed E-state index contributed by atoms with van der Waals surface area (Å²) in [7, 11) is 1.38. The van der Waals surface area contributed by atoms with E-state index < -0.39 is 5.54 Å². The lowest BCUT2D eigenvalue weighted by Gasteiger charge is -2.28. The monoisotopic (exact) mass is 240 g/mol. The normalized spacial score (nSPS) is 26.8. The summed E-state index contributed by atoms with van der Waals surface area (Å²) < 4.78 is 4.83. The van der Waals surface area contributed by atoms with E-state index in [-0.39, 0.29) is 17.8 Å². The number of carbonyl (C=O) groups excluding carboxylic acids is 2. The second-order valence-electron chi connectivity index (χ2n) is 4.96. The van der Waals surface area contributed by atoms with E-state index in [1.807, 2.05) is 0 Å². The summed E-state index contributed by atoms with van der Waals surface area (Å²) in [6.07, 6.45) is 4.19. The lowest BCUT2D eigenvalue weighted by molar-refractivity contribution is -0.151. The van der Waals surface area contributed by atoms with Crippen LogP contribution >= 0.6 is 0 Å². The molecule has 1 unspecified atom stereocenters. The quantitative estimate of drug-likeness (QED) is 0.691. The Labute approximate surface area is 101 Å². The number of methoxy groups -OCH3 is 1. The summed E-state index contributed by atoms with van der Waals surface area (Å²) in [6, 6.07) is 0. The highest BCUT2D eigenvalue weighted by Crippen LogP contribution is 2.31. The molecule has 0 aromatic carbocycles. The topological polar surface area (TPSA) is 67.4 Å². The van der Waals surface area contributed by atoms with Gasteiger partial charge < -0.3 is 15.4 Å². The second-order valence-corrected chi connectivity index (χ2v) is 4.96. The summed E-state index contributed by atoms with van der Waals surface area (Å²) in [5, 5.41) is 6.09. The molecule has 5 heteroatoms. The first-order valence-electron chi connectivity index (χ1n) is 6.29. The highest BCUT2D eigenvalue weighted by molar-refractivity contribution is 5.89. The Morgan fingerprint density at radius 1 is 1.35 bits per heavy atom. The summed E-state index contributed by atoms with van der Waals surface area (Å²) in [4.78, 5) is 23.9. The molecule has 0 aromatic rings. The van der Waals surface area contributed by atoms with E-state index in [2.05, 4.69) is 10.6 Å². The van der Waals surface area contributed by atoms with Crippen molar-refractivity contribution in [2.45, 2.75) is 37.6 Å². The van der Waals surface area contributed by atoms with E-state index in [4.69, 9.17) is 4.74 Å². The highest BCUT2D eigenvalue weighted by Gasteiger charge is 2.44. The molecule has 0 radical (unpaired) electrons. The van der Waals surface area contributed by atoms with E-state index in [9.17, 15) is 9.59 Å². The summed E-state index contributed by atoms with van der Waals surface area (Å²) in [5.41, 5.74) is -0.756. The highest BCUT2D eigenvalue weighted by atomic mass is 16.5. The van der Waals surface area contributed by atoms with E-state index in [1.54, 1.807) is 0 Å². The molecule has 1 amide bonds. The van der Waals surface area contributed by atoms with Crippen molar-refractivity contribution >= 4 is 11.9 Å². The lowest BCUT2D eigenvalue weighted by atomic mass is 9.96. The minimum absolute atomic E-state index is 0.00266. The summed E-state index contributed by atoms with van der Waals surface area (Å²) in [6.45, 7) is 1.59. The van der Waals surface area contributed by atoms with E-state index >= 15 is 0 Å². The van der Waals surface area contributed by atoms with Crippen molar-refractivity contribution in [1.29, 1.82) is 0 Å². The molecule has 0 bridgehead atoms. The molecule has 2 aliphatic rings. The number of hydrogen-bond acceptors (Lipinski definition) is 4. The average molecular weight is 240 g/mol. The van der Waals surface area contributed by atoms with Gasteiger partial charge in [-0.15, -0.1) is 0 Å². The van der Waals surface area contributed by atoms with Gasteiger partial charge in [0.25, 0.3) is 0 Å². The fourth-order valence-corrected chi connectivity index (χ4v) is 2.77. The van der Waals surface area contributed by atoms with Crippen molar-refractivity contribution in [3.63, 3.8) is 0 Å². The van der Waals surface area contributed by atoms with Gasteiger partial charge in [-0.05, 0) is 25.8 Å². The van der Waals surface area contributed by atoms with Crippen LogP contribution in [0.2, 0.25) is 0 Å². The van der Waals surface area contributed by atoms with Crippen LogP contribution in [0.25, 0.3) is 0 Å². The first-order valence-corrected chi connectivity index (χ1v) is 6.29. The first kappa shape index (κ1) is 12.4. The predicted molar refractivity (Wildman–Crippen MR) is 62.3 cm³/mol. The number of rotatable bonds is 3. The van der Waals surface area contributed by atoms with Crippen LogP contribution < -0.4 is 10.6 Å². The molecule has 2 N–H and O–H groups in total. The average Bonchev–Trinajstić information content (AvgIpc) is 2.99. The standard InChI is InChI=1S/C12H20N2O3/c1-17-11(16)12(5-2-3-6-12)14-10(15)9-4-7-13-8-9/h9,13H,2-8H2,1H3,(H,14,15). The van der Waals surface area contributed by atoms with Gasteiger partial charge in [-0.25, -0.2) is 4.79 Å². The van der Waals surface area contributed by atoms with Crippen molar-refractivity contribution < 1.29 is 14.3 Å². The van der Waals surface area contributed by atoms with Gasteiger partial charge >= 0.3 is 5.97 Å². The van der Waals surface area contributed by atoms with Crippen LogP contribution in [-0.2, 0) is 14.3 Å². The van der Waals surface area contributed by atoms with E-state index in [1.165, 1.54) is 7.11 Å². The zero-order valence-corrected chi connectivity index (χ0v) is 10.3. The van der Waals surface area contributed by atoms with Crippen molar-refractivity contribution in [3.8, 4) is 0 Å². The molecule has 17 heavy (non-hydrogen) atoms. The van der Waals surface area contributed by atoms with Crippen molar-refractivity contribution in [2.24, 2.45) is 5.92 Å². The van der Waals surface area contributed by atoms with Crippen molar-refractivity contribution in [1.82, 2.24) is 10.6 Å². The Balaban J connectivity index is 2.02. The number of nitrogens with one attached hydrogen (secondary N) is 2. The second kappa shape index (κ2) is 5.04. The maximum absolute atomic E-state index is 12.1. The van der Waals surface area contributed by atoms with Crippen LogP contribution in [0.5, 0.6) is 0 Å². The molecule has 96 valence electrons. The Morgan fingerprint density at radius 2 is 2.06 bits per heavy atom. The van der Waals surface area contributed by atoms with Crippen molar-refractivity contribution in [3.05, 3.63) is 0 Å². The Hall–Kier alpha value is -1.10. The van der Waals surface area contributed by atoms with E-state index in [0.717, 1.165) is 25.8 Å². The largest absolute Gasteiger partial charge is 0.467 e. The van der Waals surface area contributed by atoms with Crippen molar-refractivity contribution in [2.75, 3.05) is 20.2 Å². The number of esters is 1. The molecule has 1 atom stereocenters. The van der Waals surface area contributed by atoms with Gasteiger partial charge in [-0.2, -0.15) is 0 Å². The molecular weight excluding hydrogens is 220 g/mol. The van der Waals surface area contributed by atoms with Crippen LogP contribution in [-0.4, -0.2) is 37.6 Å². The summed E-state index contributed by atoms with van der Waals surface area (Å²) in [5.74, 6) is -0.311. The fourth-order valence-electron chi connectivity index (χ4n) is 2.77. The first-order chi connectivity index (χ1) is 8.18. The third kappa shape index (κ3) is 2.44. The van der Waals surface area contributed by atoms with Crippen LogP contribution in [0.1, 0.15) is 32.1 Å². The Bertz CT molecular complexity index is 305. The predicted octanol–water partition coefficient (Wildman–Crippen LogP) is 0.198. The van der Waals surface area contributed by atoms with Crippen LogP contribution in [0.4, 0.5) is 0 Å². The minimum Gasteiger partial charge on any atom is -0.467 e. The SMILES string of the molecule is COC(=O)C1(NC(=O)C2CCNC2)CCCC1. The molecule has 0 aromatic heterocycles. The van der Waals surface area contributed by atoms with Crippen LogP contribution in [0.15, 0.2) is 0 Å². The van der Waals surface area contributed by atoms with E-state index in [0.29, 0.717) is 19.4 Å². The molecular formula is C12H20N2O3. The lowest BCUT2D eigenvalue weighted by Crippen LogP contribution is -2.54. The Kier molecular flexibility index (Phi) is 3.66. The molecule has 5 nitrogen and oxygen atoms in total. The maximum atomic E-state index is 12.1. The van der Waals surface area contributed by atoms with Gasteiger partial charge in [0, 0.05) is 6.54 Å². The zero-order valence-electron chi connectivity index (χ0n) is 10.3. The molecule has 1 aliphatic heterocycles. The Morgan fingerprint density at radius 3 is 2.59 bits per heavy atom. The zero-order chi connectivity index (χ0) is 12.3. The number of hydrogen-bond donors (Lipinski definition) is 2. The third-order valence-corrected chi connectivity index (χ3v) is 3.83. The van der Waals surface area contributed by atoms with Gasteiger partial charge in [0.15, 0.2) is 0 Å². The molecule has 1 saturated carbocycles. The minimum atomic E-state index is -0.756. The third-order valence-electron chi connectivity index (χ3n) is 3.83. The molecule has 0 spiro atoms. The smallest absolute Gasteiger partial charge is 0.331 e. The van der Waals surface area contributed by atoms with Gasteiger partial charge in [0.2, 0.25) is 5.91 Å². The number of amides is 1. The maximum Gasteiger partial charge on any atom is 0.331 e. The van der Waals surface area contributed by atoms with Crippen LogP contribution in [0, 0.1) is 5.92 Å². The number of carbonyl (C=O) groups is 2. The summed E-state index contributed by atoms with van der Waals surface area (Å²) >= 11 is 0. The molecule has 1 heterocycles. The van der Waals surface area contributed by atoms with Gasteiger partial charge in [-0.3, -0.25) is 4.79 Å². The molecule has 1 aliphatic carbocycles. The number of ether oxygens (including phenoxy) is 1. The van der Waals surface area contributed by atoms with Gasteiger partial charge in [0.1, 0.15) is 5.54 Å². The van der Waals surface area contributed by atoms with Crippen LogP contribution in [0.3, 0.4) is 0 Å².